The van der Waals surface area contributed by atoms with Crippen molar-refractivity contribution in [2.24, 2.45) is 5.10 Å². The normalized spacial score (nSPS) is 11.7. The number of nitrogens with one attached hydrogen (secondary N) is 1. The number of amides is 1. The molecule has 148 valence electrons. The van der Waals surface area contributed by atoms with Crippen LogP contribution >= 0.6 is 22.6 Å². The second-order valence-electron chi connectivity index (χ2n) is 5.53. The highest BCUT2D eigenvalue weighted by Crippen LogP contribution is 2.31. The number of halogens is 1. The average Bonchev–Trinajstić information content (AvgIpc) is 2.69. The molecule has 8 nitrogen and oxygen atoms in total. The van der Waals surface area contributed by atoms with Gasteiger partial charge < -0.3 is 19.3 Å². The molecule has 0 aliphatic heterocycles. The van der Waals surface area contributed by atoms with E-state index < -0.39 is 18.0 Å². The molecule has 1 atom stereocenters. The highest BCUT2D eigenvalue weighted by molar-refractivity contribution is 14.1. The Balaban J connectivity index is 2.19. The third-order valence-corrected chi connectivity index (χ3v) is 4.55. The fourth-order valence-electron chi connectivity index (χ4n) is 2.17. The van der Waals surface area contributed by atoms with E-state index in [4.69, 9.17) is 19.3 Å². The van der Waals surface area contributed by atoms with E-state index in [0.717, 1.165) is 3.57 Å². The Morgan fingerprint density at radius 2 is 1.89 bits per heavy atom. The molecule has 2 rings (SSSR count). The molecule has 0 heterocycles. The van der Waals surface area contributed by atoms with Gasteiger partial charge in [0.05, 0.1) is 24.0 Å². The number of carbonyl (C=O) groups excluding carboxylic acids is 1. The number of carboxylic acid groups (broad SMARTS) is 1. The Labute approximate surface area is 175 Å². The van der Waals surface area contributed by atoms with E-state index in [2.05, 4.69) is 33.1 Å². The van der Waals surface area contributed by atoms with E-state index in [1.54, 1.807) is 36.4 Å². The molecule has 0 saturated carbocycles. The van der Waals surface area contributed by atoms with E-state index >= 15 is 0 Å². The summed E-state index contributed by atoms with van der Waals surface area (Å²) in [6.45, 7) is 1.40. The quantitative estimate of drug-likeness (QED) is 0.330. The van der Waals surface area contributed by atoms with Gasteiger partial charge in [0, 0.05) is 11.1 Å². The average molecular weight is 498 g/mol. The minimum absolute atomic E-state index is 0.217. The first-order valence-electron chi connectivity index (χ1n) is 8.10. The van der Waals surface area contributed by atoms with Crippen LogP contribution in [0.4, 0.5) is 0 Å². The maximum atomic E-state index is 12.3. The predicted octanol–water partition coefficient (Wildman–Crippen LogP) is 2.92. The first kappa shape index (κ1) is 21.5. The molecule has 0 unspecified atom stereocenters. The SMILES string of the molecule is COc1cc(C(=O)N/N=C/c2cccc(OC)c2O[C@@H](C)C(=O)O)ccc1I. The maximum absolute atomic E-state index is 12.3. The van der Waals surface area contributed by atoms with Crippen molar-refractivity contribution < 1.29 is 28.9 Å². The second-order valence-corrected chi connectivity index (χ2v) is 6.69. The molecule has 2 aromatic carbocycles. The summed E-state index contributed by atoms with van der Waals surface area (Å²) in [6.07, 6.45) is 0.270. The third kappa shape index (κ3) is 5.35. The number of hydrogen-bond acceptors (Lipinski definition) is 6. The van der Waals surface area contributed by atoms with Crippen LogP contribution < -0.4 is 19.6 Å². The molecule has 0 spiro atoms. The van der Waals surface area contributed by atoms with Crippen LogP contribution in [0.3, 0.4) is 0 Å². The number of rotatable bonds is 8. The zero-order chi connectivity index (χ0) is 20.7. The molecule has 0 fully saturated rings. The van der Waals surface area contributed by atoms with E-state index in [1.807, 2.05) is 0 Å². The van der Waals surface area contributed by atoms with Gasteiger partial charge in [-0.3, -0.25) is 4.79 Å². The van der Waals surface area contributed by atoms with Crippen molar-refractivity contribution in [2.75, 3.05) is 14.2 Å². The number of nitrogens with zero attached hydrogens (tertiary/aromatic N) is 1. The highest BCUT2D eigenvalue weighted by Gasteiger charge is 2.18. The fourth-order valence-corrected chi connectivity index (χ4v) is 2.73. The van der Waals surface area contributed by atoms with Crippen molar-refractivity contribution in [1.82, 2.24) is 5.43 Å². The molecule has 0 radical (unpaired) electrons. The first-order valence-corrected chi connectivity index (χ1v) is 9.18. The van der Waals surface area contributed by atoms with E-state index in [0.29, 0.717) is 22.6 Å². The van der Waals surface area contributed by atoms with Crippen molar-refractivity contribution in [3.63, 3.8) is 0 Å². The molecule has 0 aliphatic rings. The van der Waals surface area contributed by atoms with Crippen molar-refractivity contribution >= 4 is 40.7 Å². The topological polar surface area (TPSA) is 106 Å². The van der Waals surface area contributed by atoms with Gasteiger partial charge in [-0.2, -0.15) is 5.10 Å². The lowest BCUT2D eigenvalue weighted by Crippen LogP contribution is -2.24. The van der Waals surface area contributed by atoms with Gasteiger partial charge in [-0.15, -0.1) is 0 Å². The van der Waals surface area contributed by atoms with Crippen LogP contribution in [0.15, 0.2) is 41.5 Å². The smallest absolute Gasteiger partial charge is 0.344 e. The lowest BCUT2D eigenvalue weighted by Gasteiger charge is -2.15. The number of ether oxygens (including phenoxy) is 3. The van der Waals surface area contributed by atoms with Gasteiger partial charge in [0.2, 0.25) is 0 Å². The molecular formula is C19H19IN2O6. The van der Waals surface area contributed by atoms with Crippen LogP contribution in [0.5, 0.6) is 17.2 Å². The van der Waals surface area contributed by atoms with Gasteiger partial charge in [-0.1, -0.05) is 6.07 Å². The Bertz CT molecular complexity index is 900. The summed E-state index contributed by atoms with van der Waals surface area (Å²) in [4.78, 5) is 23.4. The van der Waals surface area contributed by atoms with E-state index in [1.165, 1.54) is 27.4 Å². The lowest BCUT2D eigenvalue weighted by atomic mass is 10.2. The van der Waals surface area contributed by atoms with Gasteiger partial charge in [-0.25, -0.2) is 10.2 Å². The molecule has 0 aromatic heterocycles. The first-order chi connectivity index (χ1) is 13.4. The maximum Gasteiger partial charge on any atom is 0.344 e. The van der Waals surface area contributed by atoms with Gasteiger partial charge in [0.15, 0.2) is 17.6 Å². The summed E-state index contributed by atoms with van der Waals surface area (Å²) in [6, 6.07) is 10.0. The summed E-state index contributed by atoms with van der Waals surface area (Å²) in [5, 5.41) is 13.0. The van der Waals surface area contributed by atoms with Crippen LogP contribution in [-0.2, 0) is 4.79 Å². The number of methoxy groups -OCH3 is 2. The summed E-state index contributed by atoms with van der Waals surface area (Å²) in [5.41, 5.74) is 3.26. The van der Waals surface area contributed by atoms with Crippen molar-refractivity contribution in [1.29, 1.82) is 0 Å². The number of hydrazone groups is 1. The third-order valence-electron chi connectivity index (χ3n) is 3.65. The molecule has 2 N–H and O–H groups in total. The Hall–Kier alpha value is -2.82. The van der Waals surface area contributed by atoms with E-state index in [-0.39, 0.29) is 5.75 Å². The van der Waals surface area contributed by atoms with Gasteiger partial charge in [0.25, 0.3) is 5.91 Å². The van der Waals surface area contributed by atoms with E-state index in [9.17, 15) is 9.59 Å². The monoisotopic (exact) mass is 498 g/mol. The van der Waals surface area contributed by atoms with Crippen LogP contribution in [0.1, 0.15) is 22.8 Å². The molecular weight excluding hydrogens is 479 g/mol. The molecule has 2 aromatic rings. The number of carbonyl (C=O) groups is 2. The highest BCUT2D eigenvalue weighted by atomic mass is 127. The fraction of sp³-hybridized carbons (Fsp3) is 0.211. The number of carboxylic acids is 1. The molecule has 28 heavy (non-hydrogen) atoms. The zero-order valence-electron chi connectivity index (χ0n) is 15.4. The summed E-state index contributed by atoms with van der Waals surface area (Å²) < 4.78 is 16.8. The minimum Gasteiger partial charge on any atom is -0.496 e. The van der Waals surface area contributed by atoms with Crippen LogP contribution in [0.2, 0.25) is 0 Å². The Morgan fingerprint density at radius 1 is 1.18 bits per heavy atom. The van der Waals surface area contributed by atoms with Crippen LogP contribution in [-0.4, -0.2) is 43.5 Å². The Morgan fingerprint density at radius 3 is 2.54 bits per heavy atom. The Kier molecular flexibility index (Phi) is 7.61. The van der Waals surface area contributed by atoms with Gasteiger partial charge in [0.1, 0.15) is 5.75 Å². The predicted molar refractivity (Wildman–Crippen MR) is 111 cm³/mol. The summed E-state index contributed by atoms with van der Waals surface area (Å²) >= 11 is 2.11. The standard InChI is InChI=1S/C19H19IN2O6/c1-11(19(24)25)28-17-13(5-4-6-15(17)26-2)10-21-22-18(23)12-7-8-14(20)16(9-12)27-3/h4-11H,1-3H3,(H,22,23)(H,24,25)/b21-10+/t11-/m0/s1. The summed E-state index contributed by atoms with van der Waals surface area (Å²) in [7, 11) is 2.97. The molecule has 0 bridgehead atoms. The summed E-state index contributed by atoms with van der Waals surface area (Å²) in [5.74, 6) is -0.382. The molecule has 0 saturated heterocycles. The van der Waals surface area contributed by atoms with Crippen molar-refractivity contribution in [2.45, 2.75) is 13.0 Å². The number of benzene rings is 2. The van der Waals surface area contributed by atoms with Crippen LogP contribution in [0.25, 0.3) is 0 Å². The van der Waals surface area contributed by atoms with Crippen molar-refractivity contribution in [3.8, 4) is 17.2 Å². The number of para-hydroxylation sites is 1. The molecule has 1 amide bonds. The number of hydrogen-bond donors (Lipinski definition) is 2. The van der Waals surface area contributed by atoms with Crippen molar-refractivity contribution in [3.05, 3.63) is 51.1 Å². The largest absolute Gasteiger partial charge is 0.496 e. The van der Waals surface area contributed by atoms with Gasteiger partial charge >= 0.3 is 5.97 Å². The molecule has 9 heteroatoms. The van der Waals surface area contributed by atoms with Gasteiger partial charge in [-0.05, 0) is 59.8 Å². The zero-order valence-corrected chi connectivity index (χ0v) is 17.6. The lowest BCUT2D eigenvalue weighted by molar-refractivity contribution is -0.144. The van der Waals surface area contributed by atoms with Crippen LogP contribution in [0, 0.1) is 3.57 Å². The molecule has 0 aliphatic carbocycles. The number of aliphatic carboxylic acids is 1. The minimum atomic E-state index is -1.12. The second kappa shape index (κ2) is 9.93.